The molecule has 23 heavy (non-hydrogen) atoms. The highest BCUT2D eigenvalue weighted by Gasteiger charge is 2.30. The number of hydrogen-bond donors (Lipinski definition) is 2. The number of aryl methyl sites for hydroxylation is 2. The molecule has 124 valence electrons. The van der Waals surface area contributed by atoms with Gasteiger partial charge in [-0.15, -0.1) is 4.83 Å². The van der Waals surface area contributed by atoms with Crippen LogP contribution in [0.5, 0.6) is 0 Å². The van der Waals surface area contributed by atoms with Crippen molar-refractivity contribution < 1.29 is 21.6 Å². The topological polar surface area (TPSA) is 71.1 Å². The summed E-state index contributed by atoms with van der Waals surface area (Å²) in [6.45, 7) is 3.49. The lowest BCUT2D eigenvalue weighted by molar-refractivity contribution is -0.137. The van der Waals surface area contributed by atoms with Gasteiger partial charge in [-0.3, -0.25) is 5.43 Å². The molecule has 0 amide bonds. The molecule has 0 bridgehead atoms. The van der Waals surface area contributed by atoms with E-state index in [1.807, 2.05) is 6.92 Å². The number of aromatic nitrogens is 1. The van der Waals surface area contributed by atoms with Gasteiger partial charge in [0.15, 0.2) is 0 Å². The Kier molecular flexibility index (Phi) is 4.62. The first-order valence-electron chi connectivity index (χ1n) is 6.48. The van der Waals surface area contributed by atoms with Crippen LogP contribution in [0.1, 0.15) is 16.7 Å². The lowest BCUT2D eigenvalue weighted by Gasteiger charge is -2.12. The average Bonchev–Trinajstić information content (AvgIpc) is 2.44. The predicted octanol–water partition coefficient (Wildman–Crippen LogP) is 3.02. The number of halogens is 3. The second-order valence-electron chi connectivity index (χ2n) is 4.93. The minimum absolute atomic E-state index is 0.0497. The molecular formula is C14H14F3N3O2S. The highest BCUT2D eigenvalue weighted by Crippen LogP contribution is 2.28. The van der Waals surface area contributed by atoms with Gasteiger partial charge in [0, 0.05) is 6.20 Å². The van der Waals surface area contributed by atoms with Crippen molar-refractivity contribution in [2.45, 2.75) is 24.9 Å². The third-order valence-corrected chi connectivity index (χ3v) is 4.43. The number of pyridine rings is 1. The van der Waals surface area contributed by atoms with E-state index in [9.17, 15) is 21.6 Å². The van der Waals surface area contributed by atoms with Crippen molar-refractivity contribution >= 4 is 15.8 Å². The van der Waals surface area contributed by atoms with Crippen LogP contribution in [-0.4, -0.2) is 13.4 Å². The molecule has 0 radical (unpaired) electrons. The first kappa shape index (κ1) is 17.2. The molecular weight excluding hydrogens is 331 g/mol. The molecule has 0 aliphatic rings. The minimum atomic E-state index is -4.50. The van der Waals surface area contributed by atoms with Gasteiger partial charge in [0.25, 0.3) is 10.0 Å². The SMILES string of the molecule is Cc1ccc(S(=O)(=O)NNc2ccc(C(F)(F)F)cn2)c(C)c1. The maximum absolute atomic E-state index is 12.4. The van der Waals surface area contributed by atoms with Gasteiger partial charge in [0.2, 0.25) is 0 Å². The van der Waals surface area contributed by atoms with Gasteiger partial charge >= 0.3 is 6.18 Å². The molecule has 0 atom stereocenters. The van der Waals surface area contributed by atoms with Gasteiger partial charge in [0.1, 0.15) is 5.82 Å². The highest BCUT2D eigenvalue weighted by atomic mass is 32.2. The second-order valence-corrected chi connectivity index (χ2v) is 6.58. The molecule has 0 fully saturated rings. The zero-order valence-electron chi connectivity index (χ0n) is 12.3. The van der Waals surface area contributed by atoms with E-state index in [0.29, 0.717) is 11.8 Å². The number of nitrogens with zero attached hydrogens (tertiary/aromatic N) is 1. The fourth-order valence-electron chi connectivity index (χ4n) is 1.91. The Hall–Kier alpha value is -2.13. The molecule has 1 heterocycles. The second kappa shape index (κ2) is 6.17. The number of hydrogen-bond acceptors (Lipinski definition) is 4. The molecule has 1 aromatic carbocycles. The fraction of sp³-hybridized carbons (Fsp3) is 0.214. The molecule has 0 aliphatic heterocycles. The molecule has 0 saturated heterocycles. The summed E-state index contributed by atoms with van der Waals surface area (Å²) in [5, 5.41) is 0. The molecule has 0 unspecified atom stereocenters. The molecule has 2 rings (SSSR count). The molecule has 0 aliphatic carbocycles. The number of alkyl halides is 3. The predicted molar refractivity (Wildman–Crippen MR) is 79.1 cm³/mol. The van der Waals surface area contributed by atoms with Gasteiger partial charge < -0.3 is 0 Å². The quantitative estimate of drug-likeness (QED) is 0.836. The third kappa shape index (κ3) is 4.20. The molecule has 2 N–H and O–H groups in total. The van der Waals surface area contributed by atoms with E-state index >= 15 is 0 Å². The van der Waals surface area contributed by atoms with Crippen molar-refractivity contribution in [3.63, 3.8) is 0 Å². The van der Waals surface area contributed by atoms with Gasteiger partial charge in [0.05, 0.1) is 10.5 Å². The zero-order valence-corrected chi connectivity index (χ0v) is 13.1. The number of rotatable bonds is 4. The zero-order chi connectivity index (χ0) is 17.3. The lowest BCUT2D eigenvalue weighted by atomic mass is 10.2. The standard InChI is InChI=1S/C14H14F3N3O2S/c1-9-3-5-12(10(2)7-9)23(21,22)20-19-13-6-4-11(8-18-13)14(15,16)17/h3-8,20H,1-2H3,(H,18,19). The first-order valence-corrected chi connectivity index (χ1v) is 7.96. The van der Waals surface area contributed by atoms with Crippen LogP contribution in [0.3, 0.4) is 0 Å². The third-order valence-electron chi connectivity index (χ3n) is 3.02. The minimum Gasteiger partial charge on any atom is -0.292 e. The summed E-state index contributed by atoms with van der Waals surface area (Å²) in [5.74, 6) is -0.0497. The average molecular weight is 345 g/mol. The van der Waals surface area contributed by atoms with Crippen molar-refractivity contribution in [1.29, 1.82) is 0 Å². The fourth-order valence-corrected chi connectivity index (χ4v) is 2.99. The normalized spacial score (nSPS) is 12.2. The maximum Gasteiger partial charge on any atom is 0.417 e. The summed E-state index contributed by atoms with van der Waals surface area (Å²) in [4.78, 5) is 5.68. The number of anilines is 1. The van der Waals surface area contributed by atoms with Crippen LogP contribution in [-0.2, 0) is 16.2 Å². The van der Waals surface area contributed by atoms with Crippen molar-refractivity contribution in [3.8, 4) is 0 Å². The molecule has 9 heteroatoms. The Morgan fingerprint density at radius 1 is 1.09 bits per heavy atom. The highest BCUT2D eigenvalue weighted by molar-refractivity contribution is 7.89. The van der Waals surface area contributed by atoms with E-state index in [2.05, 4.69) is 15.2 Å². The Morgan fingerprint density at radius 3 is 2.30 bits per heavy atom. The molecule has 0 spiro atoms. The Morgan fingerprint density at radius 2 is 1.78 bits per heavy atom. The number of benzene rings is 1. The van der Waals surface area contributed by atoms with Gasteiger partial charge in [-0.05, 0) is 37.6 Å². The van der Waals surface area contributed by atoms with Crippen LogP contribution in [0.4, 0.5) is 19.0 Å². The van der Waals surface area contributed by atoms with E-state index in [-0.39, 0.29) is 10.7 Å². The summed E-state index contributed by atoms with van der Waals surface area (Å²) in [5.41, 5.74) is 2.84. The van der Waals surface area contributed by atoms with Gasteiger partial charge in [-0.25, -0.2) is 13.4 Å². The summed E-state index contributed by atoms with van der Waals surface area (Å²) < 4.78 is 61.6. The number of sulfonamides is 1. The van der Waals surface area contributed by atoms with E-state index < -0.39 is 21.8 Å². The Labute approximate surface area is 131 Å². The van der Waals surface area contributed by atoms with Crippen LogP contribution in [0, 0.1) is 13.8 Å². The van der Waals surface area contributed by atoms with Crippen molar-refractivity contribution in [1.82, 2.24) is 9.82 Å². The molecule has 2 aromatic rings. The summed E-state index contributed by atoms with van der Waals surface area (Å²) in [7, 11) is -3.87. The van der Waals surface area contributed by atoms with E-state index in [1.54, 1.807) is 19.1 Å². The van der Waals surface area contributed by atoms with Crippen molar-refractivity contribution in [3.05, 3.63) is 53.2 Å². The van der Waals surface area contributed by atoms with Gasteiger partial charge in [-0.1, -0.05) is 17.7 Å². The maximum atomic E-state index is 12.4. The summed E-state index contributed by atoms with van der Waals surface area (Å²) in [6.07, 6.45) is -3.88. The van der Waals surface area contributed by atoms with E-state index in [0.717, 1.165) is 17.7 Å². The largest absolute Gasteiger partial charge is 0.417 e. The van der Waals surface area contributed by atoms with Crippen LogP contribution in [0.15, 0.2) is 41.4 Å². The van der Waals surface area contributed by atoms with Crippen molar-refractivity contribution in [2.24, 2.45) is 0 Å². The van der Waals surface area contributed by atoms with Crippen LogP contribution >= 0.6 is 0 Å². The Balaban J connectivity index is 2.13. The molecule has 5 nitrogen and oxygen atoms in total. The Bertz CT molecular complexity index is 803. The number of nitrogens with one attached hydrogen (secondary N) is 2. The van der Waals surface area contributed by atoms with E-state index in [1.165, 1.54) is 6.07 Å². The number of hydrazine groups is 1. The smallest absolute Gasteiger partial charge is 0.292 e. The van der Waals surface area contributed by atoms with Crippen molar-refractivity contribution in [2.75, 3.05) is 5.43 Å². The summed E-state index contributed by atoms with van der Waals surface area (Å²) in [6, 6.07) is 6.66. The first-order chi connectivity index (χ1) is 10.6. The van der Waals surface area contributed by atoms with Crippen LogP contribution in [0.2, 0.25) is 0 Å². The van der Waals surface area contributed by atoms with Crippen LogP contribution in [0.25, 0.3) is 0 Å². The monoisotopic (exact) mass is 345 g/mol. The van der Waals surface area contributed by atoms with E-state index in [4.69, 9.17) is 0 Å². The molecule has 0 saturated carbocycles. The molecule has 1 aromatic heterocycles. The lowest BCUT2D eigenvalue weighted by Crippen LogP contribution is -2.30. The van der Waals surface area contributed by atoms with Crippen LogP contribution < -0.4 is 10.3 Å². The van der Waals surface area contributed by atoms with Gasteiger partial charge in [-0.2, -0.15) is 13.2 Å². The summed E-state index contributed by atoms with van der Waals surface area (Å²) >= 11 is 0.